The normalized spacial score (nSPS) is 19.9. The maximum absolute atomic E-state index is 13.6. The summed E-state index contributed by atoms with van der Waals surface area (Å²) >= 11 is 0. The molecule has 0 saturated carbocycles. The van der Waals surface area contributed by atoms with Gasteiger partial charge in [-0.05, 0) is 31.4 Å². The van der Waals surface area contributed by atoms with Gasteiger partial charge in [-0.2, -0.15) is 0 Å². The van der Waals surface area contributed by atoms with E-state index in [1.165, 1.54) is 6.07 Å². The van der Waals surface area contributed by atoms with Crippen molar-refractivity contribution in [3.8, 4) is 0 Å². The van der Waals surface area contributed by atoms with Crippen molar-refractivity contribution in [2.24, 2.45) is 5.73 Å². The maximum Gasteiger partial charge on any atom is 0.240 e. The lowest BCUT2D eigenvalue weighted by Crippen LogP contribution is -2.48. The van der Waals surface area contributed by atoms with Crippen LogP contribution in [0.3, 0.4) is 0 Å². The van der Waals surface area contributed by atoms with Crippen molar-refractivity contribution >= 4 is 11.6 Å². The maximum atomic E-state index is 13.6. The average Bonchev–Trinajstić information content (AvgIpc) is 2.38. The van der Waals surface area contributed by atoms with E-state index in [0.717, 1.165) is 12.8 Å². The average molecular weight is 252 g/mol. The summed E-state index contributed by atoms with van der Waals surface area (Å²) in [6.45, 7) is 0.272. The Hall–Kier alpha value is -1.62. The lowest BCUT2D eigenvalue weighted by atomic mass is 9.99. The van der Waals surface area contributed by atoms with Crippen LogP contribution in [0.4, 0.5) is 10.1 Å². The van der Waals surface area contributed by atoms with Gasteiger partial charge in [-0.15, -0.1) is 0 Å². The molecule has 1 amide bonds. The number of primary amides is 1. The van der Waals surface area contributed by atoms with Crippen LogP contribution >= 0.6 is 0 Å². The topological polar surface area (TPSA) is 66.6 Å². The molecule has 1 aliphatic rings. The van der Waals surface area contributed by atoms with Crippen LogP contribution < -0.4 is 10.6 Å². The van der Waals surface area contributed by atoms with E-state index in [0.29, 0.717) is 18.7 Å². The molecule has 0 aliphatic carbocycles. The summed E-state index contributed by atoms with van der Waals surface area (Å²) in [5, 5.41) is 9.27. The number of nitrogens with two attached hydrogens (primary N) is 1. The molecule has 3 N–H and O–H groups in total. The molecule has 0 bridgehead atoms. The first-order chi connectivity index (χ1) is 8.65. The Balaban J connectivity index is 2.39. The molecule has 98 valence electrons. The molecule has 1 saturated heterocycles. The molecule has 0 spiro atoms. The first-order valence-corrected chi connectivity index (χ1v) is 6.09. The van der Waals surface area contributed by atoms with Crippen LogP contribution in [0.5, 0.6) is 0 Å². The number of hydrogen-bond acceptors (Lipinski definition) is 3. The Morgan fingerprint density at radius 2 is 2.28 bits per heavy atom. The molecule has 1 aromatic rings. The number of aliphatic hydroxyl groups excluding tert-OH is 1. The molecule has 1 fully saturated rings. The van der Waals surface area contributed by atoms with Crippen molar-refractivity contribution in [3.63, 3.8) is 0 Å². The Kier molecular flexibility index (Phi) is 3.81. The van der Waals surface area contributed by atoms with E-state index in [9.17, 15) is 14.3 Å². The van der Waals surface area contributed by atoms with E-state index in [1.54, 1.807) is 17.0 Å². The van der Waals surface area contributed by atoms with E-state index >= 15 is 0 Å². The van der Waals surface area contributed by atoms with Crippen LogP contribution in [0.1, 0.15) is 24.8 Å². The molecule has 4 nitrogen and oxygen atoms in total. The molecule has 1 heterocycles. The largest absolute Gasteiger partial charge is 0.391 e. The SMILES string of the molecule is NC(=O)C1CCCCN1c1cccc(F)c1CO. The highest BCUT2D eigenvalue weighted by molar-refractivity contribution is 5.84. The van der Waals surface area contributed by atoms with Crippen LogP contribution in [-0.4, -0.2) is 23.6 Å². The molecule has 1 atom stereocenters. The highest BCUT2D eigenvalue weighted by Crippen LogP contribution is 2.29. The number of amides is 1. The number of benzene rings is 1. The van der Waals surface area contributed by atoms with Gasteiger partial charge < -0.3 is 15.7 Å². The van der Waals surface area contributed by atoms with Crippen LogP contribution in [-0.2, 0) is 11.4 Å². The highest BCUT2D eigenvalue weighted by Gasteiger charge is 2.28. The number of hydrogen-bond donors (Lipinski definition) is 2. The number of piperidine rings is 1. The minimum Gasteiger partial charge on any atom is -0.391 e. The van der Waals surface area contributed by atoms with E-state index in [4.69, 9.17) is 5.73 Å². The molecule has 2 rings (SSSR count). The zero-order valence-electron chi connectivity index (χ0n) is 10.1. The Morgan fingerprint density at radius 3 is 2.94 bits per heavy atom. The standard InChI is InChI=1S/C13H17FN2O2/c14-10-4-3-6-11(9(10)8-17)16-7-2-1-5-12(16)13(15)18/h3-4,6,12,17H,1-2,5,7-8H2,(H2,15,18). The minimum absolute atomic E-state index is 0.227. The third-order valence-electron chi connectivity index (χ3n) is 3.39. The monoisotopic (exact) mass is 252 g/mol. The number of carbonyl (C=O) groups is 1. The van der Waals surface area contributed by atoms with Crippen molar-refractivity contribution in [3.05, 3.63) is 29.6 Å². The fourth-order valence-corrected chi connectivity index (χ4v) is 2.49. The number of anilines is 1. The van der Waals surface area contributed by atoms with Gasteiger partial charge in [0, 0.05) is 17.8 Å². The summed E-state index contributed by atoms with van der Waals surface area (Å²) in [5.74, 6) is -0.855. The highest BCUT2D eigenvalue weighted by atomic mass is 19.1. The van der Waals surface area contributed by atoms with Crippen molar-refractivity contribution in [1.29, 1.82) is 0 Å². The van der Waals surface area contributed by atoms with E-state index in [-0.39, 0.29) is 12.2 Å². The quantitative estimate of drug-likeness (QED) is 0.848. The number of carbonyl (C=O) groups excluding carboxylic acids is 1. The lowest BCUT2D eigenvalue weighted by Gasteiger charge is -2.36. The van der Waals surface area contributed by atoms with Crippen molar-refractivity contribution in [2.75, 3.05) is 11.4 Å². The van der Waals surface area contributed by atoms with E-state index in [2.05, 4.69) is 0 Å². The summed E-state index contributed by atoms with van der Waals surface area (Å²) < 4.78 is 13.6. The van der Waals surface area contributed by atoms with Crippen molar-refractivity contribution < 1.29 is 14.3 Å². The first kappa shape index (κ1) is 12.8. The van der Waals surface area contributed by atoms with Crippen LogP contribution in [0, 0.1) is 5.82 Å². The fraction of sp³-hybridized carbons (Fsp3) is 0.462. The molecule has 1 unspecified atom stereocenters. The molecule has 0 radical (unpaired) electrons. The smallest absolute Gasteiger partial charge is 0.240 e. The van der Waals surface area contributed by atoms with E-state index < -0.39 is 17.8 Å². The van der Waals surface area contributed by atoms with Gasteiger partial charge in [0.15, 0.2) is 0 Å². The minimum atomic E-state index is -0.455. The Morgan fingerprint density at radius 1 is 1.50 bits per heavy atom. The summed E-state index contributed by atoms with van der Waals surface area (Å²) in [7, 11) is 0. The van der Waals surface area contributed by atoms with Gasteiger partial charge in [0.1, 0.15) is 11.9 Å². The summed E-state index contributed by atoms with van der Waals surface area (Å²) in [5.41, 5.74) is 6.19. The predicted octanol–water partition coefficient (Wildman–Crippen LogP) is 1.16. The van der Waals surface area contributed by atoms with Gasteiger partial charge in [-0.1, -0.05) is 6.07 Å². The Labute approximate surface area is 105 Å². The van der Waals surface area contributed by atoms with Crippen molar-refractivity contribution in [1.82, 2.24) is 0 Å². The second kappa shape index (κ2) is 5.35. The molecule has 5 heteroatoms. The molecule has 18 heavy (non-hydrogen) atoms. The zero-order valence-corrected chi connectivity index (χ0v) is 10.1. The third-order valence-corrected chi connectivity index (χ3v) is 3.39. The van der Waals surface area contributed by atoms with Crippen LogP contribution in [0.2, 0.25) is 0 Å². The molecule has 1 aliphatic heterocycles. The second-order valence-electron chi connectivity index (χ2n) is 4.50. The van der Waals surface area contributed by atoms with Gasteiger partial charge in [0.05, 0.1) is 6.61 Å². The zero-order chi connectivity index (χ0) is 13.1. The summed E-state index contributed by atoms with van der Waals surface area (Å²) in [6, 6.07) is 4.19. The number of nitrogens with zero attached hydrogens (tertiary/aromatic N) is 1. The van der Waals surface area contributed by atoms with Gasteiger partial charge in [-0.25, -0.2) is 4.39 Å². The van der Waals surface area contributed by atoms with Crippen LogP contribution in [0.15, 0.2) is 18.2 Å². The van der Waals surface area contributed by atoms with Gasteiger partial charge >= 0.3 is 0 Å². The fourth-order valence-electron chi connectivity index (χ4n) is 2.49. The first-order valence-electron chi connectivity index (χ1n) is 6.09. The van der Waals surface area contributed by atoms with E-state index in [1.807, 2.05) is 0 Å². The van der Waals surface area contributed by atoms with Crippen molar-refractivity contribution in [2.45, 2.75) is 31.9 Å². The van der Waals surface area contributed by atoms with Gasteiger partial charge in [-0.3, -0.25) is 4.79 Å². The molecule has 0 aromatic heterocycles. The second-order valence-corrected chi connectivity index (χ2v) is 4.50. The molecular weight excluding hydrogens is 235 g/mol. The van der Waals surface area contributed by atoms with Gasteiger partial charge in [0.25, 0.3) is 0 Å². The molecule has 1 aromatic carbocycles. The molecular formula is C13H17FN2O2. The predicted molar refractivity (Wildman–Crippen MR) is 66.5 cm³/mol. The number of halogens is 1. The number of rotatable bonds is 3. The summed E-state index contributed by atoms with van der Waals surface area (Å²) in [4.78, 5) is 13.3. The Bertz CT molecular complexity index is 451. The summed E-state index contributed by atoms with van der Waals surface area (Å²) in [6.07, 6.45) is 2.55. The third kappa shape index (κ3) is 2.31. The number of aliphatic hydroxyl groups is 1. The lowest BCUT2D eigenvalue weighted by molar-refractivity contribution is -0.119. The van der Waals surface area contributed by atoms with Gasteiger partial charge in [0.2, 0.25) is 5.91 Å². The van der Waals surface area contributed by atoms with Crippen LogP contribution in [0.25, 0.3) is 0 Å².